The lowest BCUT2D eigenvalue weighted by molar-refractivity contribution is -0.387. The molecule has 0 heterocycles. The first-order chi connectivity index (χ1) is 9.39. The third-order valence-electron chi connectivity index (χ3n) is 3.57. The average molecular weight is 305 g/mol. The molecule has 4 nitrogen and oxygen atoms in total. The molecular formula is C13H17F2NO3S. The second kappa shape index (κ2) is 6.88. The number of benzene rings is 1. The summed E-state index contributed by atoms with van der Waals surface area (Å²) in [5.41, 5.74) is -1.13. The first-order valence-electron chi connectivity index (χ1n) is 6.26. The summed E-state index contributed by atoms with van der Waals surface area (Å²) in [6.07, 6.45) is 1.56. The van der Waals surface area contributed by atoms with Crippen LogP contribution in [0, 0.1) is 27.2 Å². The molecule has 0 saturated heterocycles. The summed E-state index contributed by atoms with van der Waals surface area (Å²) < 4.78 is 32.4. The zero-order chi connectivity index (χ0) is 15.3. The summed E-state index contributed by atoms with van der Waals surface area (Å²) in [4.78, 5) is 9.52. The summed E-state index contributed by atoms with van der Waals surface area (Å²) >= 11 is 4.26. The van der Waals surface area contributed by atoms with Gasteiger partial charge in [-0.3, -0.25) is 10.1 Å². The van der Waals surface area contributed by atoms with Crippen LogP contribution in [0.3, 0.4) is 0 Å². The summed E-state index contributed by atoms with van der Waals surface area (Å²) in [6, 6.07) is 1.24. The van der Waals surface area contributed by atoms with Gasteiger partial charge < -0.3 is 4.74 Å². The molecule has 0 spiro atoms. The SMILES string of the molecule is CCC(CC)(CS)COc1cc(F)c([N+](=O)[O-])cc1F. The lowest BCUT2D eigenvalue weighted by Crippen LogP contribution is -2.29. The first-order valence-corrected chi connectivity index (χ1v) is 6.89. The van der Waals surface area contributed by atoms with Gasteiger partial charge in [0.1, 0.15) is 0 Å². The highest BCUT2D eigenvalue weighted by molar-refractivity contribution is 7.80. The Hall–Kier alpha value is -1.37. The van der Waals surface area contributed by atoms with Gasteiger partial charge in [0, 0.05) is 11.5 Å². The van der Waals surface area contributed by atoms with E-state index in [4.69, 9.17) is 4.74 Å². The molecule has 0 atom stereocenters. The van der Waals surface area contributed by atoms with E-state index in [1.54, 1.807) is 0 Å². The maximum atomic E-state index is 13.7. The van der Waals surface area contributed by atoms with Crippen LogP contribution < -0.4 is 4.74 Å². The van der Waals surface area contributed by atoms with Crippen LogP contribution in [-0.2, 0) is 0 Å². The number of thiol groups is 1. The van der Waals surface area contributed by atoms with Crippen LogP contribution in [0.15, 0.2) is 12.1 Å². The lowest BCUT2D eigenvalue weighted by Gasteiger charge is -2.29. The van der Waals surface area contributed by atoms with E-state index in [-0.39, 0.29) is 17.8 Å². The third-order valence-corrected chi connectivity index (χ3v) is 4.24. The van der Waals surface area contributed by atoms with Crippen LogP contribution in [-0.4, -0.2) is 17.3 Å². The molecule has 1 rings (SSSR count). The Labute approximate surface area is 121 Å². The van der Waals surface area contributed by atoms with Gasteiger partial charge in [0.2, 0.25) is 5.82 Å². The van der Waals surface area contributed by atoms with Crippen molar-refractivity contribution in [3.05, 3.63) is 33.9 Å². The minimum atomic E-state index is -1.11. The molecular weight excluding hydrogens is 288 g/mol. The number of rotatable bonds is 7. The molecule has 0 bridgehead atoms. The maximum Gasteiger partial charge on any atom is 0.307 e. The van der Waals surface area contributed by atoms with Crippen LogP contribution in [0.2, 0.25) is 0 Å². The molecule has 0 fully saturated rings. The number of nitro benzene ring substituents is 1. The predicted octanol–water partition coefficient (Wildman–Crippen LogP) is 3.99. The topological polar surface area (TPSA) is 52.4 Å². The van der Waals surface area contributed by atoms with Gasteiger partial charge in [0.15, 0.2) is 11.6 Å². The molecule has 0 aliphatic rings. The van der Waals surface area contributed by atoms with Gasteiger partial charge in [-0.05, 0) is 18.6 Å². The highest BCUT2D eigenvalue weighted by Gasteiger charge is 2.27. The number of nitrogens with zero attached hydrogens (tertiary/aromatic N) is 1. The Morgan fingerprint density at radius 3 is 2.35 bits per heavy atom. The van der Waals surface area contributed by atoms with Crippen molar-refractivity contribution >= 4 is 18.3 Å². The molecule has 112 valence electrons. The fourth-order valence-electron chi connectivity index (χ4n) is 1.72. The molecule has 20 heavy (non-hydrogen) atoms. The van der Waals surface area contributed by atoms with Crippen LogP contribution in [0.4, 0.5) is 14.5 Å². The van der Waals surface area contributed by atoms with Gasteiger partial charge in [-0.15, -0.1) is 0 Å². The fraction of sp³-hybridized carbons (Fsp3) is 0.538. The molecule has 0 saturated carbocycles. The molecule has 0 N–H and O–H groups in total. The van der Waals surface area contributed by atoms with E-state index in [1.807, 2.05) is 13.8 Å². The van der Waals surface area contributed by atoms with E-state index in [1.165, 1.54) is 0 Å². The van der Waals surface area contributed by atoms with Crippen molar-refractivity contribution in [2.24, 2.45) is 5.41 Å². The minimum absolute atomic E-state index is 0.178. The van der Waals surface area contributed by atoms with Gasteiger partial charge >= 0.3 is 5.69 Å². The molecule has 0 amide bonds. The molecule has 0 unspecified atom stereocenters. The van der Waals surface area contributed by atoms with Crippen molar-refractivity contribution in [1.82, 2.24) is 0 Å². The largest absolute Gasteiger partial charge is 0.490 e. The van der Waals surface area contributed by atoms with Crippen molar-refractivity contribution < 1.29 is 18.4 Å². The van der Waals surface area contributed by atoms with Gasteiger partial charge in [0.05, 0.1) is 17.6 Å². The Balaban J connectivity index is 2.94. The molecule has 0 aliphatic heterocycles. The van der Waals surface area contributed by atoms with E-state index in [2.05, 4.69) is 12.6 Å². The van der Waals surface area contributed by atoms with Gasteiger partial charge in [-0.2, -0.15) is 17.0 Å². The summed E-state index contributed by atoms with van der Waals surface area (Å²) in [7, 11) is 0. The van der Waals surface area contributed by atoms with E-state index in [0.717, 1.165) is 12.8 Å². The van der Waals surface area contributed by atoms with E-state index in [0.29, 0.717) is 17.9 Å². The van der Waals surface area contributed by atoms with Crippen LogP contribution >= 0.6 is 12.6 Å². The number of hydrogen-bond acceptors (Lipinski definition) is 4. The van der Waals surface area contributed by atoms with Crippen molar-refractivity contribution in [2.45, 2.75) is 26.7 Å². The van der Waals surface area contributed by atoms with E-state index in [9.17, 15) is 18.9 Å². The highest BCUT2D eigenvalue weighted by atomic mass is 32.1. The second-order valence-corrected chi connectivity index (χ2v) is 4.96. The van der Waals surface area contributed by atoms with Gasteiger partial charge in [0.25, 0.3) is 0 Å². The van der Waals surface area contributed by atoms with E-state index >= 15 is 0 Å². The molecule has 0 aromatic heterocycles. The predicted molar refractivity (Wildman–Crippen MR) is 75.4 cm³/mol. The Bertz CT molecular complexity index is 484. The van der Waals surface area contributed by atoms with Gasteiger partial charge in [-0.25, -0.2) is 4.39 Å². The molecule has 1 aromatic rings. The smallest absolute Gasteiger partial charge is 0.307 e. The Morgan fingerprint density at radius 1 is 1.30 bits per heavy atom. The molecule has 1 aromatic carbocycles. The first kappa shape index (κ1) is 16.7. The minimum Gasteiger partial charge on any atom is -0.490 e. The maximum absolute atomic E-state index is 13.7. The van der Waals surface area contributed by atoms with Crippen LogP contribution in [0.1, 0.15) is 26.7 Å². The number of nitro groups is 1. The quantitative estimate of drug-likeness (QED) is 0.471. The van der Waals surface area contributed by atoms with Crippen molar-refractivity contribution in [2.75, 3.05) is 12.4 Å². The summed E-state index contributed by atoms with van der Waals surface area (Å²) in [5, 5.41) is 10.5. The Morgan fingerprint density at radius 2 is 1.90 bits per heavy atom. The monoisotopic (exact) mass is 305 g/mol. The number of halogens is 2. The van der Waals surface area contributed by atoms with Gasteiger partial charge in [-0.1, -0.05) is 13.8 Å². The number of hydrogen-bond donors (Lipinski definition) is 1. The van der Waals surface area contributed by atoms with E-state index < -0.39 is 22.2 Å². The third kappa shape index (κ3) is 3.59. The lowest BCUT2D eigenvalue weighted by atomic mass is 9.85. The van der Waals surface area contributed by atoms with Crippen LogP contribution in [0.5, 0.6) is 5.75 Å². The summed E-state index contributed by atoms with van der Waals surface area (Å²) in [5.74, 6) is -1.83. The normalized spacial score (nSPS) is 11.4. The fourth-order valence-corrected chi connectivity index (χ4v) is 2.26. The standard InChI is InChI=1S/C13H17F2NO3S/c1-3-13(4-2,8-20)7-19-12-6-9(14)11(16(17)18)5-10(12)15/h5-6,20H,3-4,7-8H2,1-2H3. The van der Waals surface area contributed by atoms with Crippen molar-refractivity contribution in [3.63, 3.8) is 0 Å². The van der Waals surface area contributed by atoms with Crippen LogP contribution in [0.25, 0.3) is 0 Å². The number of ether oxygens (including phenoxy) is 1. The zero-order valence-corrected chi connectivity index (χ0v) is 12.3. The average Bonchev–Trinajstić information content (AvgIpc) is 2.43. The van der Waals surface area contributed by atoms with Crippen molar-refractivity contribution in [3.8, 4) is 5.75 Å². The second-order valence-electron chi connectivity index (χ2n) is 4.65. The summed E-state index contributed by atoms with van der Waals surface area (Å²) in [6.45, 7) is 4.11. The zero-order valence-electron chi connectivity index (χ0n) is 11.4. The molecule has 0 radical (unpaired) electrons. The van der Waals surface area contributed by atoms with Crippen molar-refractivity contribution in [1.29, 1.82) is 0 Å². The Kier molecular flexibility index (Phi) is 5.74. The highest BCUT2D eigenvalue weighted by Crippen LogP contribution is 2.31. The molecule has 7 heteroatoms. The molecule has 0 aliphatic carbocycles.